The summed E-state index contributed by atoms with van der Waals surface area (Å²) in [6.07, 6.45) is 11.3. The van der Waals surface area contributed by atoms with Crippen LogP contribution in [0.15, 0.2) is 24.8 Å². The Balaban J connectivity index is 0.000000301. The van der Waals surface area contributed by atoms with Gasteiger partial charge in [-0.1, -0.05) is 32.3 Å². The SMILES string of the molecule is C=CCCCCCC.O=C1C=CC(=O)O1.O=C1CCC(=O)O1. The summed E-state index contributed by atoms with van der Waals surface area (Å²) in [6.45, 7) is 5.89. The molecule has 2 aliphatic rings. The summed E-state index contributed by atoms with van der Waals surface area (Å²) in [5, 5.41) is 0. The third-order valence-electron chi connectivity index (χ3n) is 2.58. The topological polar surface area (TPSA) is 86.7 Å². The molecule has 0 aromatic heterocycles. The molecule has 0 aliphatic carbocycles. The number of ether oxygens (including phenoxy) is 2. The van der Waals surface area contributed by atoms with Gasteiger partial charge in [0.25, 0.3) is 0 Å². The number of carbonyl (C=O) groups is 4. The molecule has 2 aliphatic heterocycles. The molecular formula is C16H22O6. The predicted octanol–water partition coefficient (Wildman–Crippen LogP) is 2.62. The van der Waals surface area contributed by atoms with Crippen molar-refractivity contribution in [1.82, 2.24) is 0 Å². The molecule has 1 fully saturated rings. The number of hydrogen-bond acceptors (Lipinski definition) is 6. The number of carbonyl (C=O) groups excluding carboxylic acids is 4. The van der Waals surface area contributed by atoms with Crippen molar-refractivity contribution in [3.63, 3.8) is 0 Å². The lowest BCUT2D eigenvalue weighted by atomic mass is 10.2. The molecule has 122 valence electrons. The Hall–Kier alpha value is -2.24. The van der Waals surface area contributed by atoms with Crippen LogP contribution in [-0.2, 0) is 28.7 Å². The van der Waals surface area contributed by atoms with Gasteiger partial charge in [0.15, 0.2) is 0 Å². The quantitative estimate of drug-likeness (QED) is 0.336. The molecule has 6 heteroatoms. The summed E-state index contributed by atoms with van der Waals surface area (Å²) in [6, 6.07) is 0. The fourth-order valence-electron chi connectivity index (χ4n) is 1.45. The molecule has 0 aromatic carbocycles. The van der Waals surface area contributed by atoms with Crippen LogP contribution in [0.5, 0.6) is 0 Å². The lowest BCUT2D eigenvalue weighted by Crippen LogP contribution is -1.96. The van der Waals surface area contributed by atoms with Gasteiger partial charge in [-0.05, 0) is 12.8 Å². The van der Waals surface area contributed by atoms with Crippen molar-refractivity contribution < 1.29 is 28.7 Å². The third kappa shape index (κ3) is 11.6. The monoisotopic (exact) mass is 310 g/mol. The lowest BCUT2D eigenvalue weighted by molar-refractivity contribution is -0.153. The van der Waals surface area contributed by atoms with Crippen LogP contribution in [0, 0.1) is 0 Å². The van der Waals surface area contributed by atoms with E-state index in [4.69, 9.17) is 0 Å². The number of allylic oxidation sites excluding steroid dienone is 1. The van der Waals surface area contributed by atoms with Crippen molar-refractivity contribution in [3.05, 3.63) is 24.8 Å². The molecule has 0 radical (unpaired) electrons. The van der Waals surface area contributed by atoms with Gasteiger partial charge in [0, 0.05) is 12.2 Å². The van der Waals surface area contributed by atoms with Gasteiger partial charge in [-0.2, -0.15) is 0 Å². The second kappa shape index (κ2) is 12.5. The van der Waals surface area contributed by atoms with E-state index in [0.29, 0.717) is 0 Å². The van der Waals surface area contributed by atoms with Crippen LogP contribution in [0.4, 0.5) is 0 Å². The smallest absolute Gasteiger partial charge is 0.338 e. The van der Waals surface area contributed by atoms with Crippen molar-refractivity contribution in [1.29, 1.82) is 0 Å². The van der Waals surface area contributed by atoms with Crippen LogP contribution in [-0.4, -0.2) is 23.9 Å². The summed E-state index contributed by atoms with van der Waals surface area (Å²) < 4.78 is 8.06. The maximum atomic E-state index is 10.0. The fraction of sp³-hybridized carbons (Fsp3) is 0.500. The Kier molecular flexibility index (Phi) is 11.2. The average Bonchev–Trinajstić information content (AvgIpc) is 3.04. The standard InChI is InChI=1S/C8H16.C4H4O3.C4H2O3/c1-3-5-7-8-6-4-2;2*5-3-1-2-4(6)7-3/h3H,1,4-8H2,2H3;1-2H2;1-2H. The Morgan fingerprint density at radius 1 is 0.955 bits per heavy atom. The molecule has 2 rings (SSSR count). The number of unbranched alkanes of at least 4 members (excludes halogenated alkanes) is 4. The molecule has 0 amide bonds. The van der Waals surface area contributed by atoms with E-state index >= 15 is 0 Å². The number of hydrogen-bond donors (Lipinski definition) is 0. The first-order valence-electron chi connectivity index (χ1n) is 7.27. The molecule has 0 unspecified atom stereocenters. The normalized spacial score (nSPS) is 15.3. The highest BCUT2D eigenvalue weighted by molar-refractivity contribution is 6.04. The molecule has 6 nitrogen and oxygen atoms in total. The van der Waals surface area contributed by atoms with E-state index < -0.39 is 23.9 Å². The van der Waals surface area contributed by atoms with E-state index in [2.05, 4.69) is 23.0 Å². The zero-order chi connectivity index (χ0) is 16.8. The van der Waals surface area contributed by atoms with Crippen molar-refractivity contribution >= 4 is 23.9 Å². The zero-order valence-electron chi connectivity index (χ0n) is 12.8. The van der Waals surface area contributed by atoms with E-state index in [9.17, 15) is 19.2 Å². The summed E-state index contributed by atoms with van der Waals surface area (Å²) in [4.78, 5) is 39.9. The molecule has 2 heterocycles. The number of rotatable bonds is 5. The Labute approximate surface area is 130 Å². The highest BCUT2D eigenvalue weighted by Gasteiger charge is 2.19. The van der Waals surface area contributed by atoms with Gasteiger partial charge in [-0.15, -0.1) is 6.58 Å². The minimum absolute atomic E-state index is 0.263. The molecule has 0 N–H and O–H groups in total. The van der Waals surface area contributed by atoms with Gasteiger partial charge in [0.2, 0.25) is 0 Å². The Bertz CT molecular complexity index is 406. The first-order valence-corrected chi connectivity index (χ1v) is 7.27. The van der Waals surface area contributed by atoms with Gasteiger partial charge < -0.3 is 9.47 Å². The second-order valence-corrected chi connectivity index (χ2v) is 4.56. The minimum Gasteiger partial charge on any atom is -0.393 e. The maximum absolute atomic E-state index is 10.0. The lowest BCUT2D eigenvalue weighted by Gasteiger charge is -1.91. The summed E-state index contributed by atoms with van der Waals surface area (Å²) in [5.41, 5.74) is 0. The first-order chi connectivity index (χ1) is 10.5. The number of cyclic esters (lactones) is 4. The zero-order valence-corrected chi connectivity index (χ0v) is 12.8. The summed E-state index contributed by atoms with van der Waals surface area (Å²) in [7, 11) is 0. The van der Waals surface area contributed by atoms with Crippen molar-refractivity contribution in [2.24, 2.45) is 0 Å². The summed E-state index contributed by atoms with van der Waals surface area (Å²) >= 11 is 0. The highest BCUT2D eigenvalue weighted by atomic mass is 16.6. The molecule has 22 heavy (non-hydrogen) atoms. The van der Waals surface area contributed by atoms with E-state index in [1.165, 1.54) is 32.1 Å². The predicted molar refractivity (Wildman–Crippen MR) is 79.5 cm³/mol. The van der Waals surface area contributed by atoms with E-state index in [-0.39, 0.29) is 12.8 Å². The van der Waals surface area contributed by atoms with E-state index in [1.54, 1.807) is 0 Å². The molecule has 0 saturated carbocycles. The largest absolute Gasteiger partial charge is 0.393 e. The van der Waals surface area contributed by atoms with Crippen LogP contribution < -0.4 is 0 Å². The molecule has 0 spiro atoms. The fourth-order valence-corrected chi connectivity index (χ4v) is 1.45. The molecule has 0 aromatic rings. The maximum Gasteiger partial charge on any atom is 0.338 e. The Morgan fingerprint density at radius 2 is 1.50 bits per heavy atom. The van der Waals surface area contributed by atoms with Crippen molar-refractivity contribution in [3.8, 4) is 0 Å². The molecule has 1 saturated heterocycles. The minimum atomic E-state index is -0.579. The van der Waals surface area contributed by atoms with Crippen LogP contribution in [0.25, 0.3) is 0 Å². The van der Waals surface area contributed by atoms with Gasteiger partial charge in [-0.3, -0.25) is 9.59 Å². The summed E-state index contributed by atoms with van der Waals surface area (Å²) in [5.74, 6) is -1.95. The van der Waals surface area contributed by atoms with Gasteiger partial charge >= 0.3 is 23.9 Å². The van der Waals surface area contributed by atoms with Gasteiger partial charge in [0.05, 0.1) is 12.8 Å². The van der Waals surface area contributed by atoms with E-state index in [1.807, 2.05) is 6.08 Å². The van der Waals surface area contributed by atoms with Crippen LogP contribution >= 0.6 is 0 Å². The van der Waals surface area contributed by atoms with Crippen LogP contribution in [0.3, 0.4) is 0 Å². The van der Waals surface area contributed by atoms with Gasteiger partial charge in [0.1, 0.15) is 0 Å². The van der Waals surface area contributed by atoms with Gasteiger partial charge in [-0.25, -0.2) is 9.59 Å². The van der Waals surface area contributed by atoms with Crippen LogP contribution in [0.1, 0.15) is 51.9 Å². The van der Waals surface area contributed by atoms with Crippen molar-refractivity contribution in [2.75, 3.05) is 0 Å². The molecule has 0 bridgehead atoms. The van der Waals surface area contributed by atoms with Crippen LogP contribution in [0.2, 0.25) is 0 Å². The molecular weight excluding hydrogens is 288 g/mol. The van der Waals surface area contributed by atoms with E-state index in [0.717, 1.165) is 12.2 Å². The highest BCUT2D eigenvalue weighted by Crippen LogP contribution is 2.04. The first kappa shape index (κ1) is 19.8. The third-order valence-corrected chi connectivity index (χ3v) is 2.58. The average molecular weight is 310 g/mol. The van der Waals surface area contributed by atoms with Crippen molar-refractivity contribution in [2.45, 2.75) is 51.9 Å². The number of esters is 4. The molecule has 0 atom stereocenters. The second-order valence-electron chi connectivity index (χ2n) is 4.56. The Morgan fingerprint density at radius 3 is 1.77 bits per heavy atom.